The van der Waals surface area contributed by atoms with Gasteiger partial charge in [0.1, 0.15) is 11.5 Å². The fourth-order valence-electron chi connectivity index (χ4n) is 1.78. The molecule has 0 spiro atoms. The van der Waals surface area contributed by atoms with Gasteiger partial charge in [-0.05, 0) is 24.3 Å². The Morgan fingerprint density at radius 2 is 2.09 bits per heavy atom. The van der Waals surface area contributed by atoms with Gasteiger partial charge in [0.05, 0.1) is 5.56 Å². The highest BCUT2D eigenvalue weighted by Gasteiger charge is 2.11. The molecular weight excluding hydrogens is 282 g/mol. The Morgan fingerprint density at radius 1 is 1.18 bits per heavy atom. The van der Waals surface area contributed by atoms with Crippen LogP contribution in [0, 0.1) is 0 Å². The second-order valence-corrected chi connectivity index (χ2v) is 4.36. The molecule has 0 aliphatic heterocycles. The maximum Gasteiger partial charge on any atom is 0.259 e. The van der Waals surface area contributed by atoms with Gasteiger partial charge in [0.2, 0.25) is 5.95 Å². The number of amides is 1. The second kappa shape index (κ2) is 6.00. The Bertz CT molecular complexity index is 767. The fourth-order valence-corrected chi connectivity index (χ4v) is 1.78. The van der Waals surface area contributed by atoms with Gasteiger partial charge < -0.3 is 5.32 Å². The predicted octanol–water partition coefficient (Wildman–Crippen LogP) is 1.56. The van der Waals surface area contributed by atoms with Crippen molar-refractivity contribution in [3.63, 3.8) is 0 Å². The fraction of sp³-hybridized carbons (Fsp3) is 0.0714. The smallest absolute Gasteiger partial charge is 0.259 e. The molecule has 0 bridgehead atoms. The number of carbonyl (C=O) groups is 1. The zero-order valence-corrected chi connectivity index (χ0v) is 11.7. The van der Waals surface area contributed by atoms with Crippen molar-refractivity contribution >= 4 is 17.7 Å². The molecule has 3 aromatic heterocycles. The van der Waals surface area contributed by atoms with Crippen molar-refractivity contribution in [3.8, 4) is 11.5 Å². The minimum absolute atomic E-state index is 0.184. The summed E-state index contributed by atoms with van der Waals surface area (Å²) < 4.78 is 0. The Morgan fingerprint density at radius 3 is 2.77 bits per heavy atom. The molecule has 3 N–H and O–H groups in total. The molecule has 0 saturated carbocycles. The van der Waals surface area contributed by atoms with Crippen LogP contribution in [-0.4, -0.2) is 38.1 Å². The molecule has 0 unspecified atom stereocenters. The zero-order chi connectivity index (χ0) is 15.4. The molecule has 3 heterocycles. The molecule has 0 radical (unpaired) electrons. The van der Waals surface area contributed by atoms with Crippen molar-refractivity contribution in [1.82, 2.24) is 25.1 Å². The third kappa shape index (κ3) is 2.90. The first-order valence-electron chi connectivity index (χ1n) is 6.55. The molecule has 110 valence electrons. The first-order valence-corrected chi connectivity index (χ1v) is 6.55. The summed E-state index contributed by atoms with van der Waals surface area (Å²) in [7, 11) is 1.76. The Balaban J connectivity index is 1.73. The van der Waals surface area contributed by atoms with E-state index in [1.807, 2.05) is 12.1 Å². The number of pyridine rings is 2. The van der Waals surface area contributed by atoms with Gasteiger partial charge in [-0.1, -0.05) is 6.07 Å². The highest BCUT2D eigenvalue weighted by Crippen LogP contribution is 2.13. The standard InChI is InChI=1S/C14H13N7O/c1-15-11-6-5-9(8-17-11)13(22)19-14-18-12(20-21-14)10-4-2-3-7-16-10/h2-8H,1H3,(H,15,17)(H2,18,19,20,21,22). The van der Waals surface area contributed by atoms with Crippen LogP contribution in [0.3, 0.4) is 0 Å². The maximum atomic E-state index is 12.1. The van der Waals surface area contributed by atoms with E-state index in [9.17, 15) is 4.79 Å². The van der Waals surface area contributed by atoms with Gasteiger partial charge in [-0.3, -0.25) is 20.2 Å². The summed E-state index contributed by atoms with van der Waals surface area (Å²) in [5.41, 5.74) is 1.07. The molecule has 0 fully saturated rings. The molecule has 8 heteroatoms. The molecular formula is C14H13N7O. The SMILES string of the molecule is CNc1ccc(C(=O)Nc2n[nH]c(-c3ccccn3)n2)cn1. The maximum absolute atomic E-state index is 12.1. The number of carbonyl (C=O) groups excluding carboxylic acids is 1. The van der Waals surface area contributed by atoms with Crippen LogP contribution < -0.4 is 10.6 Å². The highest BCUT2D eigenvalue weighted by molar-refractivity contribution is 6.03. The number of nitrogens with one attached hydrogen (secondary N) is 3. The lowest BCUT2D eigenvalue weighted by molar-refractivity contribution is 0.102. The molecule has 3 aromatic rings. The number of rotatable bonds is 4. The van der Waals surface area contributed by atoms with Crippen molar-refractivity contribution in [2.75, 3.05) is 17.7 Å². The van der Waals surface area contributed by atoms with Crippen LogP contribution in [0.5, 0.6) is 0 Å². The lowest BCUT2D eigenvalue weighted by Gasteiger charge is -2.02. The number of anilines is 2. The molecule has 0 aliphatic rings. The molecule has 8 nitrogen and oxygen atoms in total. The summed E-state index contributed by atoms with van der Waals surface area (Å²) in [6.07, 6.45) is 3.14. The van der Waals surface area contributed by atoms with Gasteiger partial charge in [0, 0.05) is 19.4 Å². The summed E-state index contributed by atoms with van der Waals surface area (Å²) >= 11 is 0. The third-order valence-electron chi connectivity index (χ3n) is 2.90. The average Bonchev–Trinajstić information content (AvgIpc) is 3.04. The number of aromatic nitrogens is 5. The van der Waals surface area contributed by atoms with Crippen LogP contribution in [-0.2, 0) is 0 Å². The normalized spacial score (nSPS) is 10.2. The number of hydrogen-bond acceptors (Lipinski definition) is 6. The Kier molecular flexibility index (Phi) is 3.73. The lowest BCUT2D eigenvalue weighted by Crippen LogP contribution is -2.13. The van der Waals surface area contributed by atoms with Crippen LogP contribution in [0.1, 0.15) is 10.4 Å². The van der Waals surface area contributed by atoms with E-state index in [-0.39, 0.29) is 11.9 Å². The van der Waals surface area contributed by atoms with Crippen LogP contribution in [0.15, 0.2) is 42.7 Å². The van der Waals surface area contributed by atoms with Gasteiger partial charge in [-0.15, -0.1) is 5.10 Å². The number of nitrogens with zero attached hydrogens (tertiary/aromatic N) is 4. The van der Waals surface area contributed by atoms with Crippen LogP contribution in [0.25, 0.3) is 11.5 Å². The largest absolute Gasteiger partial charge is 0.373 e. The van der Waals surface area contributed by atoms with E-state index in [0.717, 1.165) is 0 Å². The van der Waals surface area contributed by atoms with Gasteiger partial charge in [0.25, 0.3) is 5.91 Å². The van der Waals surface area contributed by atoms with Gasteiger partial charge in [0.15, 0.2) is 5.82 Å². The van der Waals surface area contributed by atoms with E-state index in [2.05, 4.69) is 35.8 Å². The van der Waals surface area contributed by atoms with Crippen LogP contribution >= 0.6 is 0 Å². The topological polar surface area (TPSA) is 108 Å². The van der Waals surface area contributed by atoms with Gasteiger partial charge >= 0.3 is 0 Å². The number of hydrogen-bond donors (Lipinski definition) is 3. The van der Waals surface area contributed by atoms with E-state index >= 15 is 0 Å². The molecule has 0 atom stereocenters. The monoisotopic (exact) mass is 295 g/mol. The molecule has 0 aromatic carbocycles. The van der Waals surface area contributed by atoms with E-state index in [1.165, 1.54) is 6.20 Å². The summed E-state index contributed by atoms with van der Waals surface area (Å²) in [4.78, 5) is 24.5. The average molecular weight is 295 g/mol. The Labute approximate surface area is 126 Å². The number of H-pyrrole nitrogens is 1. The van der Waals surface area contributed by atoms with Crippen molar-refractivity contribution < 1.29 is 4.79 Å². The first kappa shape index (κ1) is 13.7. The van der Waals surface area contributed by atoms with E-state index in [4.69, 9.17) is 0 Å². The van der Waals surface area contributed by atoms with Crippen molar-refractivity contribution in [2.24, 2.45) is 0 Å². The molecule has 1 amide bonds. The molecule has 22 heavy (non-hydrogen) atoms. The highest BCUT2D eigenvalue weighted by atomic mass is 16.1. The van der Waals surface area contributed by atoms with Gasteiger partial charge in [-0.2, -0.15) is 4.98 Å². The molecule has 0 aliphatic carbocycles. The van der Waals surface area contributed by atoms with Crippen molar-refractivity contribution in [1.29, 1.82) is 0 Å². The van der Waals surface area contributed by atoms with E-state index in [0.29, 0.717) is 22.9 Å². The second-order valence-electron chi connectivity index (χ2n) is 4.36. The minimum Gasteiger partial charge on any atom is -0.373 e. The lowest BCUT2D eigenvalue weighted by atomic mass is 10.2. The molecule has 0 saturated heterocycles. The minimum atomic E-state index is -0.332. The van der Waals surface area contributed by atoms with Crippen LogP contribution in [0.4, 0.5) is 11.8 Å². The Hall–Kier alpha value is -3.29. The van der Waals surface area contributed by atoms with E-state index < -0.39 is 0 Å². The van der Waals surface area contributed by atoms with E-state index in [1.54, 1.807) is 31.4 Å². The quantitative estimate of drug-likeness (QED) is 0.674. The number of aromatic amines is 1. The zero-order valence-electron chi connectivity index (χ0n) is 11.7. The summed E-state index contributed by atoms with van der Waals surface area (Å²) in [6.45, 7) is 0. The molecule has 3 rings (SSSR count). The summed E-state index contributed by atoms with van der Waals surface area (Å²) in [5.74, 6) is 1.02. The summed E-state index contributed by atoms with van der Waals surface area (Å²) in [6, 6.07) is 8.83. The predicted molar refractivity (Wildman–Crippen MR) is 81.4 cm³/mol. The van der Waals surface area contributed by atoms with Gasteiger partial charge in [-0.25, -0.2) is 4.98 Å². The van der Waals surface area contributed by atoms with Crippen molar-refractivity contribution in [3.05, 3.63) is 48.3 Å². The van der Waals surface area contributed by atoms with Crippen LogP contribution in [0.2, 0.25) is 0 Å². The first-order chi connectivity index (χ1) is 10.8. The third-order valence-corrected chi connectivity index (χ3v) is 2.90. The summed E-state index contributed by atoms with van der Waals surface area (Å²) in [5, 5.41) is 12.2. The van der Waals surface area contributed by atoms with Crippen molar-refractivity contribution in [2.45, 2.75) is 0 Å².